The van der Waals surface area contributed by atoms with Crippen molar-refractivity contribution in [1.82, 2.24) is 4.90 Å². The van der Waals surface area contributed by atoms with E-state index >= 15 is 0 Å². The second-order valence-electron chi connectivity index (χ2n) is 6.34. The van der Waals surface area contributed by atoms with Crippen LogP contribution in [-0.4, -0.2) is 36.6 Å². The number of anilines is 1. The summed E-state index contributed by atoms with van der Waals surface area (Å²) in [5, 5.41) is 0. The summed E-state index contributed by atoms with van der Waals surface area (Å²) >= 11 is 0. The molecule has 1 aliphatic heterocycles. The first kappa shape index (κ1) is 13.4. The van der Waals surface area contributed by atoms with Crippen molar-refractivity contribution in [2.45, 2.75) is 39.7 Å². The highest BCUT2D eigenvalue weighted by Gasteiger charge is 2.24. The zero-order chi connectivity index (χ0) is 13.2. The molecule has 1 aromatic rings. The van der Waals surface area contributed by atoms with E-state index in [9.17, 15) is 0 Å². The largest absolute Gasteiger partial charge is 0.370 e. The average Bonchev–Trinajstić information content (AvgIpc) is 2.53. The van der Waals surface area contributed by atoms with Gasteiger partial charge in [0.2, 0.25) is 0 Å². The molecule has 1 heterocycles. The maximum atomic E-state index is 2.60. The standard InChI is InChI=1S/C16H26N2/c1-14-7-5-8-15(13-14)17-9-6-10-18(12-11-17)16(2,3)4/h5,7-8,13H,6,9-12H2,1-4H3. The highest BCUT2D eigenvalue weighted by molar-refractivity contribution is 5.48. The van der Waals surface area contributed by atoms with E-state index in [4.69, 9.17) is 0 Å². The molecule has 1 saturated heterocycles. The van der Waals surface area contributed by atoms with Crippen molar-refractivity contribution in [3.05, 3.63) is 29.8 Å². The van der Waals surface area contributed by atoms with E-state index in [1.807, 2.05) is 0 Å². The van der Waals surface area contributed by atoms with Gasteiger partial charge in [0.1, 0.15) is 0 Å². The molecule has 0 aliphatic carbocycles. The van der Waals surface area contributed by atoms with Gasteiger partial charge in [-0.2, -0.15) is 0 Å². The Kier molecular flexibility index (Phi) is 3.96. The zero-order valence-corrected chi connectivity index (χ0v) is 12.2. The van der Waals surface area contributed by atoms with Crippen molar-refractivity contribution in [3.63, 3.8) is 0 Å². The fourth-order valence-electron chi connectivity index (χ4n) is 2.67. The molecule has 18 heavy (non-hydrogen) atoms. The predicted molar refractivity (Wildman–Crippen MR) is 79.3 cm³/mol. The van der Waals surface area contributed by atoms with Crippen molar-refractivity contribution in [2.24, 2.45) is 0 Å². The summed E-state index contributed by atoms with van der Waals surface area (Å²) in [5.74, 6) is 0. The molecule has 1 aromatic carbocycles. The second kappa shape index (κ2) is 5.31. The van der Waals surface area contributed by atoms with Gasteiger partial charge in [0.25, 0.3) is 0 Å². The van der Waals surface area contributed by atoms with Crippen LogP contribution in [0, 0.1) is 6.92 Å². The number of aryl methyl sites for hydroxylation is 1. The number of rotatable bonds is 1. The Balaban J connectivity index is 2.05. The Morgan fingerprint density at radius 2 is 1.78 bits per heavy atom. The first-order valence-electron chi connectivity index (χ1n) is 7.03. The van der Waals surface area contributed by atoms with Crippen LogP contribution in [0.3, 0.4) is 0 Å². The molecule has 100 valence electrons. The van der Waals surface area contributed by atoms with Crippen molar-refractivity contribution >= 4 is 5.69 Å². The molecule has 2 heteroatoms. The normalized spacial score (nSPS) is 18.8. The van der Waals surface area contributed by atoms with Crippen molar-refractivity contribution < 1.29 is 0 Å². The Bertz CT molecular complexity index is 392. The molecule has 0 spiro atoms. The fraction of sp³-hybridized carbons (Fsp3) is 0.625. The first-order valence-corrected chi connectivity index (χ1v) is 7.03. The Hall–Kier alpha value is -1.02. The van der Waals surface area contributed by atoms with Crippen LogP contribution in [0.1, 0.15) is 32.8 Å². The third-order valence-corrected chi connectivity index (χ3v) is 3.81. The lowest BCUT2D eigenvalue weighted by molar-refractivity contribution is 0.148. The monoisotopic (exact) mass is 246 g/mol. The topological polar surface area (TPSA) is 6.48 Å². The van der Waals surface area contributed by atoms with Gasteiger partial charge in [-0.1, -0.05) is 12.1 Å². The van der Waals surface area contributed by atoms with Crippen LogP contribution >= 0.6 is 0 Å². The van der Waals surface area contributed by atoms with Gasteiger partial charge in [0.05, 0.1) is 0 Å². The highest BCUT2D eigenvalue weighted by atomic mass is 15.2. The molecule has 0 saturated carbocycles. The van der Waals surface area contributed by atoms with Gasteiger partial charge in [-0.15, -0.1) is 0 Å². The van der Waals surface area contributed by atoms with Crippen LogP contribution in [-0.2, 0) is 0 Å². The van der Waals surface area contributed by atoms with E-state index in [0.717, 1.165) is 13.1 Å². The SMILES string of the molecule is Cc1cccc(N2CCCN(C(C)(C)C)CC2)c1. The summed E-state index contributed by atoms with van der Waals surface area (Å²) in [6.45, 7) is 13.8. The second-order valence-corrected chi connectivity index (χ2v) is 6.34. The van der Waals surface area contributed by atoms with E-state index in [0.29, 0.717) is 5.54 Å². The van der Waals surface area contributed by atoms with E-state index in [2.05, 4.69) is 61.8 Å². The molecule has 0 aromatic heterocycles. The molecule has 0 atom stereocenters. The maximum absolute atomic E-state index is 2.60. The molecule has 0 unspecified atom stereocenters. The maximum Gasteiger partial charge on any atom is 0.0369 e. The average molecular weight is 246 g/mol. The van der Waals surface area contributed by atoms with Crippen LogP contribution in [0.4, 0.5) is 5.69 Å². The highest BCUT2D eigenvalue weighted by Crippen LogP contribution is 2.21. The number of nitrogens with zero attached hydrogens (tertiary/aromatic N) is 2. The minimum atomic E-state index is 0.294. The third-order valence-electron chi connectivity index (χ3n) is 3.81. The lowest BCUT2D eigenvalue weighted by Crippen LogP contribution is -2.43. The summed E-state index contributed by atoms with van der Waals surface area (Å²) in [6, 6.07) is 8.87. The molecule has 2 rings (SSSR count). The molecular formula is C16H26N2. The summed E-state index contributed by atoms with van der Waals surface area (Å²) in [6.07, 6.45) is 1.26. The van der Waals surface area contributed by atoms with Gasteiger partial charge in [0, 0.05) is 37.4 Å². The number of hydrogen-bond acceptors (Lipinski definition) is 2. The number of hydrogen-bond donors (Lipinski definition) is 0. The molecule has 0 bridgehead atoms. The van der Waals surface area contributed by atoms with Crippen LogP contribution in [0.2, 0.25) is 0 Å². The Morgan fingerprint density at radius 1 is 1.00 bits per heavy atom. The van der Waals surface area contributed by atoms with Gasteiger partial charge in [0.15, 0.2) is 0 Å². The summed E-state index contributed by atoms with van der Waals surface area (Å²) in [7, 11) is 0. The van der Waals surface area contributed by atoms with Crippen molar-refractivity contribution in [3.8, 4) is 0 Å². The minimum Gasteiger partial charge on any atom is -0.370 e. The van der Waals surface area contributed by atoms with Crippen LogP contribution in [0.25, 0.3) is 0 Å². The summed E-state index contributed by atoms with van der Waals surface area (Å²) in [5.41, 5.74) is 3.03. The third kappa shape index (κ3) is 3.26. The lowest BCUT2D eigenvalue weighted by Gasteiger charge is -2.34. The van der Waals surface area contributed by atoms with Crippen LogP contribution in [0.5, 0.6) is 0 Å². The Labute approximate surface area is 112 Å². The molecule has 1 aliphatic rings. The van der Waals surface area contributed by atoms with E-state index in [1.165, 1.54) is 30.8 Å². The summed E-state index contributed by atoms with van der Waals surface area (Å²) < 4.78 is 0. The predicted octanol–water partition coefficient (Wildman–Crippen LogP) is 3.31. The zero-order valence-electron chi connectivity index (χ0n) is 12.2. The molecule has 0 amide bonds. The van der Waals surface area contributed by atoms with Gasteiger partial charge in [-0.25, -0.2) is 0 Å². The lowest BCUT2D eigenvalue weighted by atomic mass is 10.1. The molecule has 0 radical (unpaired) electrons. The minimum absolute atomic E-state index is 0.294. The quantitative estimate of drug-likeness (QED) is 0.750. The van der Waals surface area contributed by atoms with Gasteiger partial charge in [-0.3, -0.25) is 4.90 Å². The number of benzene rings is 1. The van der Waals surface area contributed by atoms with Gasteiger partial charge in [-0.05, 0) is 51.8 Å². The molecule has 2 nitrogen and oxygen atoms in total. The first-order chi connectivity index (χ1) is 8.47. The van der Waals surface area contributed by atoms with Crippen molar-refractivity contribution in [1.29, 1.82) is 0 Å². The van der Waals surface area contributed by atoms with Crippen LogP contribution < -0.4 is 4.90 Å². The van der Waals surface area contributed by atoms with Gasteiger partial charge >= 0.3 is 0 Å². The van der Waals surface area contributed by atoms with Crippen LogP contribution in [0.15, 0.2) is 24.3 Å². The van der Waals surface area contributed by atoms with E-state index in [1.54, 1.807) is 0 Å². The molecule has 0 N–H and O–H groups in total. The smallest absolute Gasteiger partial charge is 0.0369 e. The van der Waals surface area contributed by atoms with E-state index in [-0.39, 0.29) is 0 Å². The summed E-state index contributed by atoms with van der Waals surface area (Å²) in [4.78, 5) is 5.13. The fourth-order valence-corrected chi connectivity index (χ4v) is 2.67. The Morgan fingerprint density at radius 3 is 2.44 bits per heavy atom. The van der Waals surface area contributed by atoms with E-state index < -0.39 is 0 Å². The molecule has 1 fully saturated rings. The van der Waals surface area contributed by atoms with Crippen molar-refractivity contribution in [2.75, 3.05) is 31.1 Å². The van der Waals surface area contributed by atoms with Gasteiger partial charge < -0.3 is 4.90 Å². The molecular weight excluding hydrogens is 220 g/mol.